The Morgan fingerprint density at radius 2 is 2.00 bits per heavy atom. The van der Waals surface area contributed by atoms with Crippen molar-refractivity contribution in [2.24, 2.45) is 0 Å². The number of nitrogens with one attached hydrogen (secondary N) is 1. The van der Waals surface area contributed by atoms with Gasteiger partial charge in [-0.1, -0.05) is 30.0 Å². The lowest BCUT2D eigenvalue weighted by atomic mass is 10.2. The van der Waals surface area contributed by atoms with Crippen LogP contribution in [0.2, 0.25) is 0 Å². The normalized spacial score (nSPS) is 11.3. The van der Waals surface area contributed by atoms with E-state index < -0.39 is 11.7 Å². The highest BCUT2D eigenvalue weighted by Crippen LogP contribution is 2.31. The lowest BCUT2D eigenvalue weighted by Gasteiger charge is -2.12. The zero-order valence-electron chi connectivity index (χ0n) is 15.4. The van der Waals surface area contributed by atoms with Crippen molar-refractivity contribution in [3.05, 3.63) is 66.5 Å². The van der Waals surface area contributed by atoms with Gasteiger partial charge in [0, 0.05) is 18.1 Å². The molecule has 1 amide bonds. The number of ether oxygens (including phenoxy) is 1. The van der Waals surface area contributed by atoms with E-state index in [1.807, 2.05) is 6.92 Å². The summed E-state index contributed by atoms with van der Waals surface area (Å²) in [6.07, 6.45) is -1.40. The zero-order chi connectivity index (χ0) is 20.9. The van der Waals surface area contributed by atoms with Gasteiger partial charge in [-0.25, -0.2) is 4.98 Å². The summed E-state index contributed by atoms with van der Waals surface area (Å²) in [5.74, 6) is 0.329. The van der Waals surface area contributed by atoms with Crippen molar-refractivity contribution in [2.45, 2.75) is 18.3 Å². The molecule has 0 fully saturated rings. The van der Waals surface area contributed by atoms with Crippen LogP contribution in [0.1, 0.15) is 12.5 Å². The standard InChI is InChI=1S/C20H18F3N3O2S/c1-2-28-17-9-4-3-8-16(17)25-18(27)13-29-19-24-10-11-26(19)15-7-5-6-14(12-15)20(21,22)23/h3-12H,2,13H2,1H3,(H,25,27). The SMILES string of the molecule is CCOc1ccccc1NC(=O)CSc1nccn1-c1cccc(C(F)(F)F)c1. The number of benzene rings is 2. The quantitative estimate of drug-likeness (QED) is 0.544. The third-order valence-corrected chi connectivity index (χ3v) is 4.82. The molecule has 0 saturated carbocycles. The van der Waals surface area contributed by atoms with E-state index in [1.165, 1.54) is 16.8 Å². The van der Waals surface area contributed by atoms with Crippen molar-refractivity contribution in [3.63, 3.8) is 0 Å². The smallest absolute Gasteiger partial charge is 0.416 e. The largest absolute Gasteiger partial charge is 0.492 e. The summed E-state index contributed by atoms with van der Waals surface area (Å²) in [5.41, 5.74) is 0.132. The number of anilines is 1. The summed E-state index contributed by atoms with van der Waals surface area (Å²) in [5, 5.41) is 3.19. The third-order valence-electron chi connectivity index (χ3n) is 3.85. The van der Waals surface area contributed by atoms with E-state index in [1.54, 1.807) is 36.5 Å². The Kier molecular flexibility index (Phi) is 6.48. The molecular weight excluding hydrogens is 403 g/mol. The van der Waals surface area contributed by atoms with Gasteiger partial charge in [0.2, 0.25) is 5.91 Å². The molecule has 0 bridgehead atoms. The Morgan fingerprint density at radius 1 is 1.21 bits per heavy atom. The maximum atomic E-state index is 13.0. The van der Waals surface area contributed by atoms with E-state index in [2.05, 4.69) is 10.3 Å². The minimum Gasteiger partial charge on any atom is -0.492 e. The number of hydrogen-bond donors (Lipinski definition) is 1. The summed E-state index contributed by atoms with van der Waals surface area (Å²) < 4.78 is 45.9. The molecule has 3 rings (SSSR count). The van der Waals surface area contributed by atoms with Crippen molar-refractivity contribution in [1.82, 2.24) is 9.55 Å². The maximum absolute atomic E-state index is 13.0. The molecular formula is C20H18F3N3O2S. The molecule has 0 radical (unpaired) electrons. The molecule has 152 valence electrons. The first-order valence-corrected chi connectivity index (χ1v) is 9.72. The van der Waals surface area contributed by atoms with Gasteiger partial charge in [-0.3, -0.25) is 9.36 Å². The summed E-state index contributed by atoms with van der Waals surface area (Å²) in [4.78, 5) is 16.5. The first-order valence-electron chi connectivity index (χ1n) is 8.74. The fourth-order valence-corrected chi connectivity index (χ4v) is 3.37. The molecule has 1 N–H and O–H groups in total. The summed E-state index contributed by atoms with van der Waals surface area (Å²) >= 11 is 1.13. The average molecular weight is 421 g/mol. The van der Waals surface area contributed by atoms with Crippen LogP contribution in [0.25, 0.3) is 5.69 Å². The third kappa shape index (κ3) is 5.32. The van der Waals surface area contributed by atoms with Gasteiger partial charge < -0.3 is 10.1 Å². The molecule has 0 spiro atoms. The summed E-state index contributed by atoms with van der Waals surface area (Å²) in [6.45, 7) is 2.32. The second kappa shape index (κ2) is 9.04. The minimum atomic E-state index is -4.43. The van der Waals surface area contributed by atoms with Crippen LogP contribution in [-0.2, 0) is 11.0 Å². The lowest BCUT2D eigenvalue weighted by molar-refractivity contribution is -0.137. The predicted molar refractivity (Wildman–Crippen MR) is 106 cm³/mol. The van der Waals surface area contributed by atoms with Crippen LogP contribution in [0, 0.1) is 0 Å². The molecule has 0 atom stereocenters. The molecule has 0 saturated heterocycles. The molecule has 0 aliphatic heterocycles. The molecule has 0 aliphatic rings. The highest BCUT2D eigenvalue weighted by atomic mass is 32.2. The number of amides is 1. The van der Waals surface area contributed by atoms with E-state index in [-0.39, 0.29) is 11.7 Å². The Labute approximate surface area is 169 Å². The lowest BCUT2D eigenvalue weighted by Crippen LogP contribution is -2.15. The average Bonchev–Trinajstić information content (AvgIpc) is 3.16. The number of thioether (sulfide) groups is 1. The van der Waals surface area contributed by atoms with Crippen molar-refractivity contribution < 1.29 is 22.7 Å². The van der Waals surface area contributed by atoms with Gasteiger partial charge in [0.15, 0.2) is 5.16 Å². The number of halogens is 3. The van der Waals surface area contributed by atoms with Crippen LogP contribution in [0.4, 0.5) is 18.9 Å². The Bertz CT molecular complexity index is 989. The molecule has 0 aliphatic carbocycles. The van der Waals surface area contributed by atoms with E-state index in [0.717, 1.165) is 23.9 Å². The fraction of sp³-hybridized carbons (Fsp3) is 0.200. The number of rotatable bonds is 7. The van der Waals surface area contributed by atoms with E-state index in [0.29, 0.717) is 28.9 Å². The van der Waals surface area contributed by atoms with E-state index in [9.17, 15) is 18.0 Å². The Morgan fingerprint density at radius 3 is 2.76 bits per heavy atom. The first-order chi connectivity index (χ1) is 13.9. The molecule has 1 aromatic heterocycles. The summed E-state index contributed by atoms with van der Waals surface area (Å²) in [6, 6.07) is 12.0. The number of alkyl halides is 3. The van der Waals surface area contributed by atoms with E-state index in [4.69, 9.17) is 4.74 Å². The van der Waals surface area contributed by atoms with Gasteiger partial charge in [-0.15, -0.1) is 0 Å². The van der Waals surface area contributed by atoms with Gasteiger partial charge in [0.25, 0.3) is 0 Å². The van der Waals surface area contributed by atoms with Gasteiger partial charge in [0.05, 0.1) is 23.6 Å². The van der Waals surface area contributed by atoms with Gasteiger partial charge in [-0.05, 0) is 37.3 Å². The molecule has 3 aromatic rings. The Hall–Kier alpha value is -2.94. The van der Waals surface area contributed by atoms with Crippen LogP contribution >= 0.6 is 11.8 Å². The minimum absolute atomic E-state index is 0.0381. The van der Waals surface area contributed by atoms with Gasteiger partial charge in [-0.2, -0.15) is 13.2 Å². The number of hydrogen-bond acceptors (Lipinski definition) is 4. The molecule has 2 aromatic carbocycles. The second-order valence-electron chi connectivity index (χ2n) is 5.89. The molecule has 1 heterocycles. The van der Waals surface area contributed by atoms with Crippen molar-refractivity contribution in [3.8, 4) is 11.4 Å². The van der Waals surface area contributed by atoms with Gasteiger partial charge in [0.1, 0.15) is 5.75 Å². The topological polar surface area (TPSA) is 56.1 Å². The predicted octanol–water partition coefficient (Wildman–Crippen LogP) is 5.02. The highest BCUT2D eigenvalue weighted by molar-refractivity contribution is 7.99. The zero-order valence-corrected chi connectivity index (χ0v) is 16.3. The van der Waals surface area contributed by atoms with E-state index >= 15 is 0 Å². The summed E-state index contributed by atoms with van der Waals surface area (Å²) in [7, 11) is 0. The second-order valence-corrected chi connectivity index (χ2v) is 6.84. The van der Waals surface area contributed by atoms with Crippen LogP contribution in [0.5, 0.6) is 5.75 Å². The number of carbonyl (C=O) groups is 1. The molecule has 5 nitrogen and oxygen atoms in total. The number of imidazole rings is 1. The fourth-order valence-electron chi connectivity index (χ4n) is 2.59. The van der Waals surface area contributed by atoms with Gasteiger partial charge >= 0.3 is 6.18 Å². The maximum Gasteiger partial charge on any atom is 0.416 e. The first kappa shape index (κ1) is 20.8. The number of para-hydroxylation sites is 2. The molecule has 0 unspecified atom stereocenters. The number of carbonyl (C=O) groups excluding carboxylic acids is 1. The molecule has 29 heavy (non-hydrogen) atoms. The van der Waals surface area contributed by atoms with Crippen molar-refractivity contribution in [1.29, 1.82) is 0 Å². The number of aromatic nitrogens is 2. The van der Waals surface area contributed by atoms with Crippen LogP contribution in [0.3, 0.4) is 0 Å². The monoisotopic (exact) mass is 421 g/mol. The van der Waals surface area contributed by atoms with Crippen molar-refractivity contribution in [2.75, 3.05) is 17.7 Å². The Balaban J connectivity index is 1.69. The highest BCUT2D eigenvalue weighted by Gasteiger charge is 2.30. The molecule has 9 heteroatoms. The van der Waals surface area contributed by atoms with Crippen molar-refractivity contribution >= 4 is 23.4 Å². The van der Waals surface area contributed by atoms with Crippen LogP contribution < -0.4 is 10.1 Å². The van der Waals surface area contributed by atoms with Crippen LogP contribution in [-0.4, -0.2) is 27.8 Å². The number of nitrogens with zero attached hydrogens (tertiary/aromatic N) is 2. The van der Waals surface area contributed by atoms with Crippen LogP contribution in [0.15, 0.2) is 66.1 Å².